The van der Waals surface area contributed by atoms with Crippen molar-refractivity contribution < 1.29 is 0 Å². The summed E-state index contributed by atoms with van der Waals surface area (Å²) in [6.07, 6.45) is 0. The van der Waals surface area contributed by atoms with Crippen LogP contribution >= 0.6 is 0 Å². The first-order valence-corrected chi connectivity index (χ1v) is 4.49. The fourth-order valence-electron chi connectivity index (χ4n) is 1.37. The Morgan fingerprint density at radius 3 is 2.50 bits per heavy atom. The molecule has 0 atom stereocenters. The lowest BCUT2D eigenvalue weighted by atomic mass is 10.2. The molecule has 0 aliphatic heterocycles. The SMILES string of the molecule is CCNCc1cc(C)n(C)c1C. The van der Waals surface area contributed by atoms with Crippen molar-refractivity contribution in [1.82, 2.24) is 9.88 Å². The van der Waals surface area contributed by atoms with Gasteiger partial charge in [0, 0.05) is 25.0 Å². The first kappa shape index (κ1) is 9.33. The summed E-state index contributed by atoms with van der Waals surface area (Å²) in [5.41, 5.74) is 4.12. The fourth-order valence-corrected chi connectivity index (χ4v) is 1.37. The lowest BCUT2D eigenvalue weighted by molar-refractivity contribution is 0.718. The van der Waals surface area contributed by atoms with Gasteiger partial charge in [-0.3, -0.25) is 0 Å². The van der Waals surface area contributed by atoms with Gasteiger partial charge in [0.05, 0.1) is 0 Å². The van der Waals surface area contributed by atoms with Crippen molar-refractivity contribution in [3.8, 4) is 0 Å². The molecule has 68 valence electrons. The zero-order chi connectivity index (χ0) is 9.14. The highest BCUT2D eigenvalue weighted by atomic mass is 15.0. The van der Waals surface area contributed by atoms with E-state index in [4.69, 9.17) is 0 Å². The minimum absolute atomic E-state index is 0.990. The van der Waals surface area contributed by atoms with E-state index in [1.807, 2.05) is 0 Å². The third-order valence-corrected chi connectivity index (χ3v) is 2.45. The molecule has 0 saturated carbocycles. The van der Waals surface area contributed by atoms with Crippen LogP contribution in [-0.4, -0.2) is 11.1 Å². The molecule has 2 nitrogen and oxygen atoms in total. The smallest absolute Gasteiger partial charge is 0.0223 e. The van der Waals surface area contributed by atoms with Gasteiger partial charge >= 0.3 is 0 Å². The van der Waals surface area contributed by atoms with E-state index in [1.165, 1.54) is 17.0 Å². The second kappa shape index (κ2) is 3.76. The summed E-state index contributed by atoms with van der Waals surface area (Å²) in [7, 11) is 2.11. The highest BCUT2D eigenvalue weighted by Crippen LogP contribution is 2.12. The van der Waals surface area contributed by atoms with Gasteiger partial charge in [-0.2, -0.15) is 0 Å². The summed E-state index contributed by atoms with van der Waals surface area (Å²) >= 11 is 0. The zero-order valence-electron chi connectivity index (χ0n) is 8.44. The van der Waals surface area contributed by atoms with Crippen molar-refractivity contribution in [3.05, 3.63) is 23.0 Å². The highest BCUT2D eigenvalue weighted by molar-refractivity contribution is 5.25. The maximum atomic E-state index is 3.33. The van der Waals surface area contributed by atoms with Gasteiger partial charge in [0.2, 0.25) is 0 Å². The minimum atomic E-state index is 0.990. The van der Waals surface area contributed by atoms with Crippen LogP contribution in [0, 0.1) is 13.8 Å². The van der Waals surface area contributed by atoms with Crippen molar-refractivity contribution >= 4 is 0 Å². The van der Waals surface area contributed by atoms with E-state index in [0.717, 1.165) is 13.1 Å². The Labute approximate surface area is 74.6 Å². The zero-order valence-corrected chi connectivity index (χ0v) is 8.44. The molecule has 0 fully saturated rings. The van der Waals surface area contributed by atoms with Crippen LogP contribution in [0.1, 0.15) is 23.9 Å². The lowest BCUT2D eigenvalue weighted by Gasteiger charge is -2.02. The first-order valence-electron chi connectivity index (χ1n) is 4.49. The van der Waals surface area contributed by atoms with Crippen LogP contribution < -0.4 is 5.32 Å². The van der Waals surface area contributed by atoms with E-state index in [-0.39, 0.29) is 0 Å². The number of hydrogen-bond donors (Lipinski definition) is 1. The summed E-state index contributed by atoms with van der Waals surface area (Å²) in [6, 6.07) is 2.25. The minimum Gasteiger partial charge on any atom is -0.352 e. The third-order valence-electron chi connectivity index (χ3n) is 2.45. The first-order chi connectivity index (χ1) is 5.66. The number of aromatic nitrogens is 1. The van der Waals surface area contributed by atoms with Gasteiger partial charge in [-0.25, -0.2) is 0 Å². The van der Waals surface area contributed by atoms with E-state index in [9.17, 15) is 0 Å². The molecule has 1 rings (SSSR count). The summed E-state index contributed by atoms with van der Waals surface area (Å²) in [5.74, 6) is 0. The van der Waals surface area contributed by atoms with E-state index in [1.54, 1.807) is 0 Å². The molecule has 0 aliphatic rings. The summed E-state index contributed by atoms with van der Waals surface area (Å²) in [6.45, 7) is 8.46. The van der Waals surface area contributed by atoms with E-state index in [2.05, 4.69) is 43.8 Å². The molecule has 0 bridgehead atoms. The maximum Gasteiger partial charge on any atom is 0.0223 e. The van der Waals surface area contributed by atoms with E-state index in [0.29, 0.717) is 0 Å². The van der Waals surface area contributed by atoms with Gasteiger partial charge in [0.1, 0.15) is 0 Å². The Bertz CT molecular complexity index is 261. The second-order valence-corrected chi connectivity index (χ2v) is 3.24. The predicted molar refractivity (Wildman–Crippen MR) is 52.3 cm³/mol. The average molecular weight is 166 g/mol. The molecule has 0 amide bonds. The highest BCUT2D eigenvalue weighted by Gasteiger charge is 2.03. The molecular weight excluding hydrogens is 148 g/mol. The van der Waals surface area contributed by atoms with Crippen LogP contribution in [0.2, 0.25) is 0 Å². The van der Waals surface area contributed by atoms with Crippen LogP contribution in [0.3, 0.4) is 0 Å². The topological polar surface area (TPSA) is 17.0 Å². The van der Waals surface area contributed by atoms with Gasteiger partial charge in [-0.15, -0.1) is 0 Å². The average Bonchev–Trinajstić information content (AvgIpc) is 2.30. The van der Waals surface area contributed by atoms with E-state index >= 15 is 0 Å². The van der Waals surface area contributed by atoms with Gasteiger partial charge in [0.25, 0.3) is 0 Å². The van der Waals surface area contributed by atoms with Crippen molar-refractivity contribution in [2.45, 2.75) is 27.3 Å². The summed E-state index contributed by atoms with van der Waals surface area (Å²) in [4.78, 5) is 0. The van der Waals surface area contributed by atoms with E-state index < -0.39 is 0 Å². The monoisotopic (exact) mass is 166 g/mol. The van der Waals surface area contributed by atoms with Gasteiger partial charge in [-0.1, -0.05) is 6.92 Å². The second-order valence-electron chi connectivity index (χ2n) is 3.24. The third kappa shape index (κ3) is 1.69. The maximum absolute atomic E-state index is 3.33. The number of rotatable bonds is 3. The fraction of sp³-hybridized carbons (Fsp3) is 0.600. The quantitative estimate of drug-likeness (QED) is 0.724. The molecule has 12 heavy (non-hydrogen) atoms. The lowest BCUT2D eigenvalue weighted by Crippen LogP contribution is -2.12. The van der Waals surface area contributed by atoms with Crippen molar-refractivity contribution in [3.63, 3.8) is 0 Å². The molecule has 0 radical (unpaired) electrons. The molecule has 1 heterocycles. The van der Waals surface area contributed by atoms with Gasteiger partial charge in [0.15, 0.2) is 0 Å². The molecule has 1 aromatic rings. The largest absolute Gasteiger partial charge is 0.352 e. The van der Waals surface area contributed by atoms with Gasteiger partial charge < -0.3 is 9.88 Å². The number of hydrogen-bond acceptors (Lipinski definition) is 1. The molecule has 1 N–H and O–H groups in total. The summed E-state index contributed by atoms with van der Waals surface area (Å²) in [5, 5.41) is 3.33. The van der Waals surface area contributed by atoms with Crippen molar-refractivity contribution in [1.29, 1.82) is 0 Å². The Morgan fingerprint density at radius 2 is 2.08 bits per heavy atom. The molecule has 2 heteroatoms. The normalized spacial score (nSPS) is 10.7. The van der Waals surface area contributed by atoms with Crippen LogP contribution in [0.15, 0.2) is 6.07 Å². The number of nitrogens with one attached hydrogen (secondary N) is 1. The molecular formula is C10H18N2. The summed E-state index contributed by atoms with van der Waals surface area (Å²) < 4.78 is 2.23. The number of aryl methyl sites for hydroxylation is 1. The van der Waals surface area contributed by atoms with Crippen LogP contribution in [-0.2, 0) is 13.6 Å². The Balaban J connectivity index is 2.79. The molecule has 0 unspecified atom stereocenters. The Morgan fingerprint density at radius 1 is 1.42 bits per heavy atom. The molecule has 1 aromatic heterocycles. The van der Waals surface area contributed by atoms with Crippen molar-refractivity contribution in [2.24, 2.45) is 7.05 Å². The van der Waals surface area contributed by atoms with Crippen LogP contribution in [0.5, 0.6) is 0 Å². The van der Waals surface area contributed by atoms with Gasteiger partial charge in [-0.05, 0) is 32.0 Å². The molecule has 0 aromatic carbocycles. The molecule has 0 saturated heterocycles. The molecule has 0 aliphatic carbocycles. The molecule has 0 spiro atoms. The van der Waals surface area contributed by atoms with Crippen molar-refractivity contribution in [2.75, 3.05) is 6.54 Å². The van der Waals surface area contributed by atoms with Crippen LogP contribution in [0.25, 0.3) is 0 Å². The van der Waals surface area contributed by atoms with Crippen LogP contribution in [0.4, 0.5) is 0 Å². The Hall–Kier alpha value is -0.760. The number of nitrogens with zero attached hydrogens (tertiary/aromatic N) is 1. The Kier molecular flexibility index (Phi) is 2.93. The standard InChI is InChI=1S/C10H18N2/c1-5-11-7-10-6-8(2)12(4)9(10)3/h6,11H,5,7H2,1-4H3. The predicted octanol–water partition coefficient (Wildman–Crippen LogP) is 1.75.